The summed E-state index contributed by atoms with van der Waals surface area (Å²) in [6.07, 6.45) is 7.45. The standard InChI is InChI=1S/C27H29N5O3/c28-24-18-22(11-14-32(24)25(33)10-9-20-7-3-1-4-8-20)31-15-16-35-23-17-21(19-29-26(23)31)27(34)30-12-5-2-6-13-30/h1,3-4,7-8,11,14,17-19,28H,2,5-6,9-10,12-13,15-16H2. The zero-order valence-corrected chi connectivity index (χ0v) is 19.7. The number of pyridine rings is 2. The fourth-order valence-corrected chi connectivity index (χ4v) is 4.64. The molecule has 5 rings (SSSR count). The normalized spacial score (nSPS) is 15.3. The first kappa shape index (κ1) is 22.8. The van der Waals surface area contributed by atoms with E-state index < -0.39 is 0 Å². The minimum absolute atomic E-state index is 0.0102. The minimum atomic E-state index is -0.119. The first-order valence-electron chi connectivity index (χ1n) is 12.1. The van der Waals surface area contributed by atoms with Gasteiger partial charge in [0.2, 0.25) is 5.91 Å². The molecule has 3 aromatic rings. The van der Waals surface area contributed by atoms with E-state index >= 15 is 0 Å². The van der Waals surface area contributed by atoms with E-state index in [-0.39, 0.29) is 17.3 Å². The molecule has 0 spiro atoms. The van der Waals surface area contributed by atoms with Gasteiger partial charge in [0.25, 0.3) is 5.91 Å². The van der Waals surface area contributed by atoms with E-state index in [2.05, 4.69) is 4.98 Å². The molecule has 8 heteroatoms. The smallest absolute Gasteiger partial charge is 0.255 e. The van der Waals surface area contributed by atoms with Crippen molar-refractivity contribution >= 4 is 23.3 Å². The number of benzene rings is 1. The number of amides is 1. The van der Waals surface area contributed by atoms with Crippen molar-refractivity contribution in [2.45, 2.75) is 32.1 Å². The molecule has 1 amide bonds. The zero-order chi connectivity index (χ0) is 24.2. The van der Waals surface area contributed by atoms with E-state index in [4.69, 9.17) is 10.1 Å². The Morgan fingerprint density at radius 1 is 1.00 bits per heavy atom. The SMILES string of the molecule is N=c1cc(N2CCOc3cc(C(=O)N4CCCCC4)cnc32)ccn1C(=O)CCc1ccccc1. The quantitative estimate of drug-likeness (QED) is 0.611. The monoisotopic (exact) mass is 471 g/mol. The minimum Gasteiger partial charge on any atom is -0.488 e. The van der Waals surface area contributed by atoms with E-state index in [1.54, 1.807) is 24.5 Å². The summed E-state index contributed by atoms with van der Waals surface area (Å²) in [6, 6.07) is 15.1. The lowest BCUT2D eigenvalue weighted by Crippen LogP contribution is -2.36. The Hall–Kier alpha value is -3.94. The summed E-state index contributed by atoms with van der Waals surface area (Å²) < 4.78 is 7.22. The first-order valence-corrected chi connectivity index (χ1v) is 12.1. The summed E-state index contributed by atoms with van der Waals surface area (Å²) >= 11 is 0. The Balaban J connectivity index is 1.32. The highest BCUT2D eigenvalue weighted by Gasteiger charge is 2.25. The van der Waals surface area contributed by atoms with Crippen molar-refractivity contribution < 1.29 is 14.3 Å². The first-order chi connectivity index (χ1) is 17.1. The number of hydrogen-bond donors (Lipinski definition) is 1. The molecule has 0 saturated carbocycles. The van der Waals surface area contributed by atoms with Gasteiger partial charge in [-0.1, -0.05) is 30.3 Å². The van der Waals surface area contributed by atoms with Gasteiger partial charge >= 0.3 is 0 Å². The van der Waals surface area contributed by atoms with Crippen LogP contribution in [0.15, 0.2) is 60.9 Å². The van der Waals surface area contributed by atoms with Crippen LogP contribution in [0.1, 0.15) is 46.4 Å². The van der Waals surface area contributed by atoms with E-state index in [0.29, 0.717) is 43.1 Å². The second-order valence-electron chi connectivity index (χ2n) is 8.92. The van der Waals surface area contributed by atoms with Crippen LogP contribution in [0.5, 0.6) is 5.75 Å². The third-order valence-corrected chi connectivity index (χ3v) is 6.54. The van der Waals surface area contributed by atoms with Crippen molar-refractivity contribution in [2.75, 3.05) is 31.1 Å². The van der Waals surface area contributed by atoms with E-state index in [1.165, 1.54) is 4.57 Å². The van der Waals surface area contributed by atoms with Crippen LogP contribution < -0.4 is 15.1 Å². The number of nitrogens with one attached hydrogen (secondary N) is 1. The van der Waals surface area contributed by atoms with Gasteiger partial charge in [-0.2, -0.15) is 0 Å². The molecule has 8 nitrogen and oxygen atoms in total. The number of aryl methyl sites for hydroxylation is 1. The molecule has 0 radical (unpaired) electrons. The highest BCUT2D eigenvalue weighted by Crippen LogP contribution is 2.35. The summed E-state index contributed by atoms with van der Waals surface area (Å²) in [7, 11) is 0. The molecule has 1 N–H and O–H groups in total. The Kier molecular flexibility index (Phi) is 6.61. The lowest BCUT2D eigenvalue weighted by atomic mass is 10.1. The number of nitrogens with zero attached hydrogens (tertiary/aromatic N) is 4. The molecule has 1 aromatic carbocycles. The molecule has 2 aromatic heterocycles. The van der Waals surface area contributed by atoms with Crippen molar-refractivity contribution in [3.05, 3.63) is 77.5 Å². The molecule has 2 aliphatic heterocycles. The maximum atomic E-state index is 12.9. The Morgan fingerprint density at radius 3 is 2.57 bits per heavy atom. The Bertz CT molecular complexity index is 1280. The third-order valence-electron chi connectivity index (χ3n) is 6.54. The van der Waals surface area contributed by atoms with Crippen molar-refractivity contribution in [3.8, 4) is 5.75 Å². The van der Waals surface area contributed by atoms with Gasteiger partial charge in [0, 0.05) is 43.7 Å². The largest absolute Gasteiger partial charge is 0.488 e. The topological polar surface area (TPSA) is 91.5 Å². The molecular weight excluding hydrogens is 442 g/mol. The van der Waals surface area contributed by atoms with Gasteiger partial charge in [0.15, 0.2) is 11.6 Å². The molecule has 0 atom stereocenters. The van der Waals surface area contributed by atoms with Crippen molar-refractivity contribution in [2.24, 2.45) is 0 Å². The van der Waals surface area contributed by atoms with E-state index in [9.17, 15) is 9.59 Å². The molecule has 35 heavy (non-hydrogen) atoms. The fourth-order valence-electron chi connectivity index (χ4n) is 4.64. The van der Waals surface area contributed by atoms with Crippen LogP contribution in [0.2, 0.25) is 0 Å². The molecule has 4 heterocycles. The van der Waals surface area contributed by atoms with Crippen LogP contribution in [0, 0.1) is 5.41 Å². The van der Waals surface area contributed by atoms with Gasteiger partial charge in [-0.15, -0.1) is 0 Å². The van der Waals surface area contributed by atoms with Crippen molar-refractivity contribution in [3.63, 3.8) is 0 Å². The second kappa shape index (κ2) is 10.1. The van der Waals surface area contributed by atoms with Gasteiger partial charge in [0.05, 0.1) is 12.1 Å². The van der Waals surface area contributed by atoms with Crippen LogP contribution in [-0.4, -0.2) is 52.5 Å². The molecule has 0 aliphatic carbocycles. The van der Waals surface area contributed by atoms with Gasteiger partial charge in [-0.25, -0.2) is 4.98 Å². The van der Waals surface area contributed by atoms with Crippen LogP contribution in [-0.2, 0) is 6.42 Å². The number of fused-ring (bicyclic) bond motifs is 1. The van der Waals surface area contributed by atoms with Crippen molar-refractivity contribution in [1.29, 1.82) is 5.41 Å². The highest BCUT2D eigenvalue weighted by molar-refractivity contribution is 5.95. The average Bonchev–Trinajstić information content (AvgIpc) is 2.91. The second-order valence-corrected chi connectivity index (χ2v) is 8.92. The number of ether oxygens (including phenoxy) is 1. The summed E-state index contributed by atoms with van der Waals surface area (Å²) in [6.45, 7) is 2.56. The molecule has 1 saturated heterocycles. The van der Waals surface area contributed by atoms with E-state index in [0.717, 1.165) is 43.6 Å². The average molecular weight is 472 g/mol. The third kappa shape index (κ3) is 4.96. The maximum Gasteiger partial charge on any atom is 0.255 e. The molecule has 0 unspecified atom stereocenters. The Labute approximate surface area is 204 Å². The van der Waals surface area contributed by atoms with Gasteiger partial charge in [-0.05, 0) is 43.4 Å². The van der Waals surface area contributed by atoms with Crippen LogP contribution in [0.4, 0.5) is 11.5 Å². The van der Waals surface area contributed by atoms with Crippen molar-refractivity contribution in [1.82, 2.24) is 14.5 Å². The zero-order valence-electron chi connectivity index (χ0n) is 19.7. The summed E-state index contributed by atoms with van der Waals surface area (Å²) in [5.74, 6) is 1.04. The number of aromatic nitrogens is 2. The Morgan fingerprint density at radius 2 is 1.80 bits per heavy atom. The number of hydrogen-bond acceptors (Lipinski definition) is 6. The predicted molar refractivity (Wildman–Crippen MR) is 132 cm³/mol. The number of anilines is 2. The molecule has 180 valence electrons. The predicted octanol–water partition coefficient (Wildman–Crippen LogP) is 3.79. The van der Waals surface area contributed by atoms with Gasteiger partial charge in [0.1, 0.15) is 12.1 Å². The number of carbonyl (C=O) groups excluding carboxylic acids is 2. The molecule has 1 fully saturated rings. The summed E-state index contributed by atoms with van der Waals surface area (Å²) in [5, 5.41) is 8.45. The lowest BCUT2D eigenvalue weighted by Gasteiger charge is -2.31. The maximum absolute atomic E-state index is 12.9. The van der Waals surface area contributed by atoms with Crippen LogP contribution in [0.25, 0.3) is 0 Å². The number of piperidine rings is 1. The number of carbonyl (C=O) groups is 2. The fraction of sp³-hybridized carbons (Fsp3) is 0.333. The molecular formula is C27H29N5O3. The van der Waals surface area contributed by atoms with Crippen LogP contribution in [0.3, 0.4) is 0 Å². The highest BCUT2D eigenvalue weighted by atomic mass is 16.5. The summed E-state index contributed by atoms with van der Waals surface area (Å²) in [5.41, 5.74) is 2.50. The number of likely N-dealkylation sites (tertiary alicyclic amines) is 1. The van der Waals surface area contributed by atoms with Gasteiger partial charge < -0.3 is 14.5 Å². The lowest BCUT2D eigenvalue weighted by molar-refractivity contribution is 0.0723. The number of rotatable bonds is 5. The van der Waals surface area contributed by atoms with Gasteiger partial charge in [-0.3, -0.25) is 19.6 Å². The van der Waals surface area contributed by atoms with E-state index in [1.807, 2.05) is 46.2 Å². The summed E-state index contributed by atoms with van der Waals surface area (Å²) in [4.78, 5) is 34.0. The van der Waals surface area contributed by atoms with Crippen LogP contribution >= 0.6 is 0 Å². The molecule has 2 aliphatic rings. The molecule has 0 bridgehead atoms.